The molecule has 124 valence electrons. The largest absolute Gasteiger partial charge is 0.321 e. The van der Waals surface area contributed by atoms with Crippen LogP contribution in [-0.4, -0.2) is 11.8 Å². The molecule has 2 N–H and O–H groups in total. The molecule has 0 amide bonds. The molecule has 1 atom stereocenters. The Morgan fingerprint density at radius 3 is 1.81 bits per heavy atom. The molecule has 0 fully saturated rings. The van der Waals surface area contributed by atoms with E-state index in [0.717, 1.165) is 11.5 Å². The second-order valence-corrected chi connectivity index (χ2v) is 5.21. The fourth-order valence-electron chi connectivity index (χ4n) is 1.12. The van der Waals surface area contributed by atoms with Crippen LogP contribution in [0.3, 0.4) is 0 Å². The molecule has 0 heterocycles. The van der Waals surface area contributed by atoms with Crippen molar-refractivity contribution >= 4 is 5.78 Å². The van der Waals surface area contributed by atoms with Crippen molar-refractivity contribution in [2.75, 3.05) is 0 Å². The van der Waals surface area contributed by atoms with Gasteiger partial charge >= 0.3 is 0 Å². The Morgan fingerprint density at radius 1 is 1.14 bits per heavy atom. The summed E-state index contributed by atoms with van der Waals surface area (Å²) in [5, 5.41) is 0. The molecule has 1 aromatic rings. The normalized spacial score (nSPS) is 10.3. The van der Waals surface area contributed by atoms with Crippen LogP contribution in [0.2, 0.25) is 0 Å². The second-order valence-electron chi connectivity index (χ2n) is 5.21. The minimum Gasteiger partial charge on any atom is -0.321 e. The van der Waals surface area contributed by atoms with Gasteiger partial charge in [0.2, 0.25) is 0 Å². The van der Waals surface area contributed by atoms with E-state index in [0.29, 0.717) is 6.42 Å². The quantitative estimate of drug-likeness (QED) is 0.832. The van der Waals surface area contributed by atoms with Gasteiger partial charge in [0.05, 0.1) is 6.04 Å². The van der Waals surface area contributed by atoms with E-state index in [1.165, 1.54) is 18.9 Å². The van der Waals surface area contributed by atoms with Gasteiger partial charge in [-0.1, -0.05) is 78.3 Å². The molecule has 0 spiro atoms. The van der Waals surface area contributed by atoms with Crippen molar-refractivity contribution in [3.8, 4) is 0 Å². The van der Waals surface area contributed by atoms with Gasteiger partial charge in [-0.3, -0.25) is 4.79 Å². The molecule has 0 saturated carbocycles. The van der Waals surface area contributed by atoms with Crippen molar-refractivity contribution in [3.05, 3.63) is 35.4 Å². The van der Waals surface area contributed by atoms with Crippen LogP contribution in [0, 0.1) is 12.8 Å². The van der Waals surface area contributed by atoms with Crippen LogP contribution in [0.4, 0.5) is 0 Å². The maximum absolute atomic E-state index is 10.9. The van der Waals surface area contributed by atoms with E-state index in [1.54, 1.807) is 0 Å². The lowest BCUT2D eigenvalue weighted by molar-refractivity contribution is -0.118. The third-order valence-electron chi connectivity index (χ3n) is 2.91. The molecule has 21 heavy (non-hydrogen) atoms. The fraction of sp³-hybridized carbons (Fsp3) is 0.632. The Morgan fingerprint density at radius 2 is 1.52 bits per heavy atom. The average molecular weight is 296 g/mol. The predicted molar refractivity (Wildman–Crippen MR) is 96.7 cm³/mol. The molecule has 0 aliphatic rings. The van der Waals surface area contributed by atoms with E-state index in [1.807, 2.05) is 45.0 Å². The van der Waals surface area contributed by atoms with E-state index in [9.17, 15) is 4.79 Å². The van der Waals surface area contributed by atoms with Gasteiger partial charge in [-0.25, -0.2) is 0 Å². The zero-order valence-corrected chi connectivity index (χ0v) is 14.4. The summed E-state index contributed by atoms with van der Waals surface area (Å²) in [6.45, 7) is 14.2. The maximum Gasteiger partial charge on any atom is 0.146 e. The molecule has 2 heteroatoms. The monoisotopic (exact) mass is 295 g/mol. The van der Waals surface area contributed by atoms with Gasteiger partial charge in [-0.05, 0) is 31.7 Å². The number of nitrogens with two attached hydrogens (primary N) is 1. The van der Waals surface area contributed by atoms with E-state index in [-0.39, 0.29) is 19.3 Å². The van der Waals surface area contributed by atoms with Gasteiger partial charge in [-0.15, -0.1) is 0 Å². The van der Waals surface area contributed by atoms with E-state index >= 15 is 0 Å². The highest BCUT2D eigenvalue weighted by Crippen LogP contribution is 2.05. The number of rotatable bonds is 4. The topological polar surface area (TPSA) is 43.1 Å². The number of carbonyl (C=O) groups excluding carboxylic acids is 1. The predicted octanol–water partition coefficient (Wildman–Crippen LogP) is 5.17. The second kappa shape index (κ2) is 15.2. The van der Waals surface area contributed by atoms with Crippen LogP contribution >= 0.6 is 0 Å². The fourth-order valence-corrected chi connectivity index (χ4v) is 1.12. The molecular weight excluding hydrogens is 258 g/mol. The number of carbonyl (C=O) groups is 1. The Hall–Kier alpha value is -1.15. The summed E-state index contributed by atoms with van der Waals surface area (Å²) in [6.07, 6.45) is 1.94. The molecule has 0 aromatic heterocycles. The van der Waals surface area contributed by atoms with Crippen molar-refractivity contribution in [2.45, 2.75) is 74.8 Å². The number of hydrogen-bond acceptors (Lipinski definition) is 2. The van der Waals surface area contributed by atoms with Crippen molar-refractivity contribution in [3.63, 3.8) is 0 Å². The Kier molecular flexibility index (Phi) is 18.0. The molecule has 0 aliphatic carbocycles. The molecule has 2 nitrogen and oxygen atoms in total. The number of aryl methyl sites for hydroxylation is 1. The highest BCUT2D eigenvalue weighted by Gasteiger charge is 2.07. The third kappa shape index (κ3) is 15.1. The lowest BCUT2D eigenvalue weighted by Crippen LogP contribution is -2.30. The molecule has 0 radical (unpaired) electrons. The Bertz CT molecular complexity index is 341. The van der Waals surface area contributed by atoms with Crippen molar-refractivity contribution in [1.29, 1.82) is 0 Å². The first-order valence-corrected chi connectivity index (χ1v) is 7.68. The molecular formula is C19H37NO. The van der Waals surface area contributed by atoms with Crippen LogP contribution in [0.5, 0.6) is 0 Å². The zero-order chi connectivity index (χ0) is 16.1. The first-order chi connectivity index (χ1) is 9.36. The van der Waals surface area contributed by atoms with Gasteiger partial charge in [0.25, 0.3) is 0 Å². The summed E-state index contributed by atoms with van der Waals surface area (Å²) in [4.78, 5) is 10.9. The summed E-state index contributed by atoms with van der Waals surface area (Å²) < 4.78 is 0. The van der Waals surface area contributed by atoms with Gasteiger partial charge in [0.15, 0.2) is 0 Å². The summed E-state index contributed by atoms with van der Waals surface area (Å²) in [6, 6.07) is 7.73. The van der Waals surface area contributed by atoms with Crippen LogP contribution < -0.4 is 5.73 Å². The highest BCUT2D eigenvalue weighted by atomic mass is 16.1. The first-order valence-electron chi connectivity index (χ1n) is 7.68. The van der Waals surface area contributed by atoms with Crippen molar-refractivity contribution in [1.82, 2.24) is 0 Å². The lowest BCUT2D eigenvalue weighted by Gasteiger charge is -2.07. The van der Waals surface area contributed by atoms with Crippen LogP contribution in [0.25, 0.3) is 0 Å². The summed E-state index contributed by atoms with van der Waals surface area (Å²) in [5.41, 5.74) is 7.98. The number of hydrogen-bond donors (Lipinski definition) is 1. The number of benzene rings is 1. The Labute approximate surface area is 133 Å². The number of ketones is 1. The maximum atomic E-state index is 10.9. The van der Waals surface area contributed by atoms with Crippen molar-refractivity contribution in [2.24, 2.45) is 11.7 Å². The molecule has 0 bridgehead atoms. The van der Waals surface area contributed by atoms with Gasteiger partial charge in [0.1, 0.15) is 5.78 Å². The Balaban J connectivity index is -0.000000347. The first kappa shape index (κ1) is 24.8. The van der Waals surface area contributed by atoms with Crippen LogP contribution in [0.15, 0.2) is 24.3 Å². The molecule has 0 aliphatic heterocycles. The minimum atomic E-state index is -0.359. The summed E-state index contributed by atoms with van der Waals surface area (Å²) in [5.74, 6) is 0.926. The minimum absolute atomic E-state index is 0. The van der Waals surface area contributed by atoms with E-state index < -0.39 is 0 Å². The van der Waals surface area contributed by atoms with E-state index in [2.05, 4.69) is 20.8 Å². The smallest absolute Gasteiger partial charge is 0.146 e. The van der Waals surface area contributed by atoms with Gasteiger partial charge < -0.3 is 5.73 Å². The van der Waals surface area contributed by atoms with Crippen LogP contribution in [0.1, 0.15) is 66.5 Å². The average Bonchev–Trinajstić information content (AvgIpc) is 2.44. The standard InChI is InChI=1S/C11H15NO.C5H12.C2H6.CH4/c1-8-3-5-10(6-4-8)7-11(12)9(2)13;1-4-5(2)3;1-2;/h3-6,11H,7,12H2,1-2H3;5H,4H2,1-3H3;1-2H3;1H4/t11-;;;/m0.../s1. The summed E-state index contributed by atoms with van der Waals surface area (Å²) >= 11 is 0. The van der Waals surface area contributed by atoms with Crippen LogP contribution in [-0.2, 0) is 11.2 Å². The van der Waals surface area contributed by atoms with Gasteiger partial charge in [-0.2, -0.15) is 0 Å². The highest BCUT2D eigenvalue weighted by molar-refractivity contribution is 5.81. The third-order valence-corrected chi connectivity index (χ3v) is 2.91. The zero-order valence-electron chi connectivity index (χ0n) is 14.4. The molecule has 1 rings (SSSR count). The van der Waals surface area contributed by atoms with Gasteiger partial charge in [0, 0.05) is 0 Å². The molecule has 0 unspecified atom stereocenters. The molecule has 0 saturated heterocycles. The number of Topliss-reactive ketones (excluding diaryl/α,β-unsaturated/α-hetero) is 1. The molecule has 1 aromatic carbocycles. The summed E-state index contributed by atoms with van der Waals surface area (Å²) in [7, 11) is 0. The van der Waals surface area contributed by atoms with E-state index in [4.69, 9.17) is 5.73 Å². The lowest BCUT2D eigenvalue weighted by atomic mass is 10.0. The SMILES string of the molecule is C.CC.CC(=O)[C@@H](N)Cc1ccc(C)cc1.CCC(C)C. The van der Waals surface area contributed by atoms with Crippen molar-refractivity contribution < 1.29 is 4.79 Å².